The number of aryl methyl sites for hydroxylation is 1. The highest BCUT2D eigenvalue weighted by Gasteiger charge is 2.32. The Balaban J connectivity index is 1.60. The van der Waals surface area contributed by atoms with Crippen molar-refractivity contribution in [2.24, 2.45) is 0 Å². The fourth-order valence-corrected chi connectivity index (χ4v) is 6.27. The maximum absolute atomic E-state index is 16.2. The number of nitrogens with one attached hydrogen (secondary N) is 1. The highest BCUT2D eigenvalue weighted by Crippen LogP contribution is 2.44. The molecular formula is C28H30F2N2O5S. The first-order valence-corrected chi connectivity index (χ1v) is 13.7. The van der Waals surface area contributed by atoms with Crippen LogP contribution in [-0.2, 0) is 15.9 Å². The Hall–Kier alpha value is -3.27. The van der Waals surface area contributed by atoms with Crippen molar-refractivity contribution in [3.63, 3.8) is 0 Å². The topological polar surface area (TPSA) is 86.6 Å². The maximum atomic E-state index is 16.2. The fourth-order valence-electron chi connectivity index (χ4n) is 4.93. The normalized spacial score (nSPS) is 17.3. The van der Waals surface area contributed by atoms with Crippen molar-refractivity contribution in [2.45, 2.75) is 77.5 Å². The molecule has 5 rings (SSSR count). The molecule has 1 atom stereocenters. The first-order chi connectivity index (χ1) is 18.0. The van der Waals surface area contributed by atoms with Gasteiger partial charge in [-0.1, -0.05) is 0 Å². The first kappa shape index (κ1) is 26.3. The number of carbonyl (C=O) groups excluding carboxylic acids is 2. The zero-order chi connectivity index (χ0) is 27.4. The summed E-state index contributed by atoms with van der Waals surface area (Å²) in [6, 6.07) is 2.38. The summed E-state index contributed by atoms with van der Waals surface area (Å²) >= 11 is 1.23. The number of rotatable bonds is 5. The van der Waals surface area contributed by atoms with Gasteiger partial charge in [-0.2, -0.15) is 0 Å². The van der Waals surface area contributed by atoms with Crippen molar-refractivity contribution >= 4 is 34.3 Å². The number of fused-ring (bicyclic) bond motifs is 2. The summed E-state index contributed by atoms with van der Waals surface area (Å²) < 4.78 is 43.7. The van der Waals surface area contributed by atoms with Gasteiger partial charge >= 0.3 is 12.1 Å². The van der Waals surface area contributed by atoms with E-state index >= 15 is 8.78 Å². The van der Waals surface area contributed by atoms with Gasteiger partial charge in [-0.15, -0.1) is 11.3 Å². The highest BCUT2D eigenvalue weighted by molar-refractivity contribution is 7.15. The van der Waals surface area contributed by atoms with Crippen molar-refractivity contribution in [3.8, 4) is 10.4 Å². The fraction of sp³-hybridized carbons (Fsp3) is 0.464. The average molecular weight is 545 g/mol. The van der Waals surface area contributed by atoms with Gasteiger partial charge in [0.2, 0.25) is 5.43 Å². The molecule has 202 valence electrons. The summed E-state index contributed by atoms with van der Waals surface area (Å²) in [5.41, 5.74) is -0.952. The Labute approximate surface area is 222 Å². The predicted molar refractivity (Wildman–Crippen MR) is 141 cm³/mol. The van der Waals surface area contributed by atoms with E-state index < -0.39 is 34.7 Å². The van der Waals surface area contributed by atoms with Crippen LogP contribution in [0.3, 0.4) is 0 Å². The van der Waals surface area contributed by atoms with Crippen LogP contribution in [0.25, 0.3) is 21.3 Å². The summed E-state index contributed by atoms with van der Waals surface area (Å²) in [6.07, 6.45) is 4.54. The van der Waals surface area contributed by atoms with Gasteiger partial charge in [0, 0.05) is 22.0 Å². The molecule has 2 aliphatic rings. The monoisotopic (exact) mass is 544 g/mol. The van der Waals surface area contributed by atoms with Crippen LogP contribution in [0.1, 0.15) is 86.3 Å². The molecule has 3 aromatic rings. The third kappa shape index (κ3) is 4.93. The van der Waals surface area contributed by atoms with Gasteiger partial charge < -0.3 is 19.4 Å². The van der Waals surface area contributed by atoms with Crippen molar-refractivity contribution in [1.82, 2.24) is 9.88 Å². The molecule has 1 N–H and O–H groups in total. The van der Waals surface area contributed by atoms with Gasteiger partial charge in [-0.3, -0.25) is 4.79 Å². The van der Waals surface area contributed by atoms with E-state index in [0.29, 0.717) is 11.3 Å². The molecule has 0 bridgehead atoms. The van der Waals surface area contributed by atoms with Crippen molar-refractivity contribution in [2.75, 3.05) is 6.61 Å². The molecule has 1 unspecified atom stereocenters. The number of thiophene rings is 1. The Bertz CT molecular complexity index is 1500. The average Bonchev–Trinajstić information content (AvgIpc) is 3.57. The molecule has 38 heavy (non-hydrogen) atoms. The van der Waals surface area contributed by atoms with Crippen molar-refractivity contribution in [1.29, 1.82) is 0 Å². The molecule has 0 spiro atoms. The van der Waals surface area contributed by atoms with Crippen LogP contribution in [0.4, 0.5) is 13.6 Å². The molecule has 1 amide bonds. The number of aromatic nitrogens is 1. The number of benzene rings is 1. The van der Waals surface area contributed by atoms with E-state index in [9.17, 15) is 14.4 Å². The smallest absolute Gasteiger partial charge is 0.408 e. The number of ether oxygens (including phenoxy) is 2. The van der Waals surface area contributed by atoms with Gasteiger partial charge in [0.1, 0.15) is 17.0 Å². The second-order valence-corrected chi connectivity index (χ2v) is 11.8. The summed E-state index contributed by atoms with van der Waals surface area (Å²) in [4.78, 5) is 39.1. The molecule has 1 aromatic carbocycles. The van der Waals surface area contributed by atoms with Crippen LogP contribution in [-0.4, -0.2) is 28.8 Å². The molecule has 2 heterocycles. The van der Waals surface area contributed by atoms with Gasteiger partial charge in [-0.25, -0.2) is 18.4 Å². The Morgan fingerprint density at radius 1 is 1.18 bits per heavy atom. The van der Waals surface area contributed by atoms with E-state index in [0.717, 1.165) is 42.2 Å². The zero-order valence-corrected chi connectivity index (χ0v) is 22.6. The summed E-state index contributed by atoms with van der Waals surface area (Å²) in [5, 5.41) is 2.71. The number of amides is 1. The Kier molecular flexibility index (Phi) is 6.79. The van der Waals surface area contributed by atoms with Gasteiger partial charge in [0.05, 0.1) is 29.1 Å². The lowest BCUT2D eigenvalue weighted by atomic mass is 9.94. The van der Waals surface area contributed by atoms with E-state index in [4.69, 9.17) is 9.47 Å². The van der Waals surface area contributed by atoms with Gasteiger partial charge in [0.15, 0.2) is 5.82 Å². The molecule has 7 nitrogen and oxygen atoms in total. The van der Waals surface area contributed by atoms with Crippen molar-refractivity contribution < 1.29 is 27.8 Å². The molecule has 1 saturated carbocycles. The minimum atomic E-state index is -0.884. The molecule has 1 fully saturated rings. The molecular weight excluding hydrogens is 514 g/mol. The minimum absolute atomic E-state index is 0.0169. The molecule has 10 heteroatoms. The van der Waals surface area contributed by atoms with Crippen LogP contribution < -0.4 is 10.7 Å². The molecule has 2 aromatic heterocycles. The molecule has 0 saturated heterocycles. The van der Waals surface area contributed by atoms with Crippen LogP contribution in [0, 0.1) is 11.6 Å². The van der Waals surface area contributed by atoms with E-state index in [1.165, 1.54) is 17.5 Å². The number of alkyl carbamates (subject to hydrolysis) is 1. The van der Waals surface area contributed by atoms with E-state index in [1.54, 1.807) is 38.3 Å². The third-order valence-corrected chi connectivity index (χ3v) is 7.99. The number of esters is 1. The number of nitrogens with zero attached hydrogens (tertiary/aromatic N) is 1. The number of hydrogen-bond acceptors (Lipinski definition) is 6. The van der Waals surface area contributed by atoms with E-state index in [2.05, 4.69) is 5.32 Å². The van der Waals surface area contributed by atoms with Crippen LogP contribution in [0.15, 0.2) is 23.1 Å². The zero-order valence-electron chi connectivity index (χ0n) is 21.8. The lowest BCUT2D eigenvalue weighted by molar-refractivity contribution is 0.0496. The lowest BCUT2D eigenvalue weighted by Gasteiger charge is -2.26. The van der Waals surface area contributed by atoms with E-state index in [-0.39, 0.29) is 40.7 Å². The third-order valence-electron chi connectivity index (χ3n) is 6.68. The van der Waals surface area contributed by atoms with Crippen LogP contribution in [0.2, 0.25) is 0 Å². The summed E-state index contributed by atoms with van der Waals surface area (Å²) in [6.45, 7) is 7.05. The standard InChI is InChI=1S/C28H30F2N2O5S/c1-5-36-26(34)17-13-32(15-9-10-15)23-16(24(17)33)12-18(29)21(22(23)30)20-11-14-7-6-8-19(25(14)38-20)31-27(35)37-28(2,3)4/h11-13,15,19H,5-10H2,1-4H3,(H,31,35). The van der Waals surface area contributed by atoms with Gasteiger partial charge in [0.25, 0.3) is 0 Å². The molecule has 0 aliphatic heterocycles. The Morgan fingerprint density at radius 3 is 2.58 bits per heavy atom. The molecule has 0 radical (unpaired) electrons. The van der Waals surface area contributed by atoms with Crippen LogP contribution >= 0.6 is 11.3 Å². The minimum Gasteiger partial charge on any atom is -0.462 e. The highest BCUT2D eigenvalue weighted by atomic mass is 32.1. The lowest BCUT2D eigenvalue weighted by Crippen LogP contribution is -2.35. The number of pyridine rings is 1. The number of halogens is 2. The summed E-state index contributed by atoms with van der Waals surface area (Å²) in [7, 11) is 0. The SMILES string of the molecule is CCOC(=O)c1cn(C2CC2)c2c(F)c(-c3cc4c(s3)C(NC(=O)OC(C)(C)C)CCC4)c(F)cc2c1=O. The number of carbonyl (C=O) groups is 2. The Morgan fingerprint density at radius 2 is 1.92 bits per heavy atom. The quantitative estimate of drug-likeness (QED) is 0.375. The largest absolute Gasteiger partial charge is 0.462 e. The van der Waals surface area contributed by atoms with Crippen LogP contribution in [0.5, 0.6) is 0 Å². The predicted octanol–water partition coefficient (Wildman–Crippen LogP) is 6.42. The van der Waals surface area contributed by atoms with Crippen molar-refractivity contribution in [3.05, 3.63) is 56.2 Å². The van der Waals surface area contributed by atoms with E-state index in [1.807, 2.05) is 0 Å². The number of hydrogen-bond donors (Lipinski definition) is 1. The first-order valence-electron chi connectivity index (χ1n) is 12.8. The summed E-state index contributed by atoms with van der Waals surface area (Å²) in [5.74, 6) is -2.53. The maximum Gasteiger partial charge on any atom is 0.408 e. The van der Waals surface area contributed by atoms with Gasteiger partial charge in [-0.05, 0) is 77.5 Å². The molecule has 2 aliphatic carbocycles. The second-order valence-electron chi connectivity index (χ2n) is 10.8. The second kappa shape index (κ2) is 9.80.